The zero-order valence-corrected chi connectivity index (χ0v) is 37.7. The van der Waals surface area contributed by atoms with Crippen molar-refractivity contribution in [3.8, 4) is 66.8 Å². The maximum atomic E-state index is 6.55. The van der Waals surface area contributed by atoms with Crippen molar-refractivity contribution in [3.05, 3.63) is 283 Å². The van der Waals surface area contributed by atoms with E-state index in [-0.39, 0.29) is 0 Å². The van der Waals surface area contributed by atoms with Crippen LogP contribution >= 0.6 is 0 Å². The molecule has 0 fully saturated rings. The number of hydrogen-bond donors (Lipinski definition) is 0. The largest absolute Gasteiger partial charge is 0.455 e. The maximum Gasteiger partial charge on any atom is 0.143 e. The molecule has 11 aromatic carbocycles. The molecule has 0 bridgehead atoms. The van der Waals surface area contributed by atoms with Gasteiger partial charge in [0.1, 0.15) is 11.2 Å². The van der Waals surface area contributed by atoms with Crippen molar-refractivity contribution < 1.29 is 4.42 Å². The third-order valence-corrected chi connectivity index (χ3v) is 14.7. The lowest BCUT2D eigenvalue weighted by atomic mass is 9.70. The van der Waals surface area contributed by atoms with Crippen molar-refractivity contribution in [3.63, 3.8) is 0 Å². The summed E-state index contributed by atoms with van der Waals surface area (Å²) >= 11 is 0. The summed E-state index contributed by atoms with van der Waals surface area (Å²) in [5, 5.41) is 2.24. The van der Waals surface area contributed by atoms with Crippen molar-refractivity contribution in [1.29, 1.82) is 0 Å². The van der Waals surface area contributed by atoms with Gasteiger partial charge in [0.25, 0.3) is 0 Å². The Kier molecular flexibility index (Phi) is 8.84. The fraction of sp³-hybridized carbons (Fsp3) is 0.0149. The van der Waals surface area contributed by atoms with Crippen LogP contribution in [0.4, 0.5) is 17.1 Å². The quantitative estimate of drug-likeness (QED) is 0.159. The molecule has 0 saturated heterocycles. The molecule has 14 rings (SSSR count). The van der Waals surface area contributed by atoms with Gasteiger partial charge in [0, 0.05) is 33.4 Å². The molecule has 2 aliphatic rings. The van der Waals surface area contributed by atoms with E-state index in [2.05, 4.69) is 266 Å². The van der Waals surface area contributed by atoms with Crippen LogP contribution in [0.1, 0.15) is 22.3 Å². The molecule has 2 aliphatic carbocycles. The fourth-order valence-electron chi connectivity index (χ4n) is 11.6. The van der Waals surface area contributed by atoms with E-state index in [9.17, 15) is 0 Å². The number of furan rings is 1. The molecule has 322 valence electrons. The van der Waals surface area contributed by atoms with Crippen LogP contribution in [-0.4, -0.2) is 0 Å². The first-order chi connectivity index (χ1) is 34.2. The van der Waals surface area contributed by atoms with Gasteiger partial charge in [-0.3, -0.25) is 0 Å². The van der Waals surface area contributed by atoms with E-state index in [0.717, 1.165) is 61.3 Å². The molecule has 1 aromatic heterocycles. The van der Waals surface area contributed by atoms with Crippen LogP contribution in [0.15, 0.2) is 265 Å². The SMILES string of the molecule is c1ccc(-c2ccc(-c3ccc(N(c4ccc(-c5ccc6oc7c(-c8ccccc8)cccc7c6c5)cc4)c4ccc5c(c4)-c4ccccc4C54c5ccccc5-c5ccccc54)cc3)cc2)cc1. The monoisotopic (exact) mass is 877 g/mol. The van der Waals surface area contributed by atoms with Crippen molar-refractivity contribution >= 4 is 39.0 Å². The minimum atomic E-state index is -0.396. The van der Waals surface area contributed by atoms with E-state index < -0.39 is 5.41 Å². The molecular formula is C67H43NO. The van der Waals surface area contributed by atoms with Crippen LogP contribution in [0.5, 0.6) is 0 Å². The molecule has 0 saturated carbocycles. The summed E-state index contributed by atoms with van der Waals surface area (Å²) in [5.74, 6) is 0. The Labute approximate surface area is 401 Å². The number of hydrogen-bond acceptors (Lipinski definition) is 2. The van der Waals surface area contributed by atoms with Crippen LogP contribution in [0, 0.1) is 0 Å². The number of rotatable bonds is 7. The summed E-state index contributed by atoms with van der Waals surface area (Å²) in [6.07, 6.45) is 0. The van der Waals surface area contributed by atoms with Gasteiger partial charge in [0.15, 0.2) is 0 Å². The Morgan fingerprint density at radius 2 is 0.681 bits per heavy atom. The lowest BCUT2D eigenvalue weighted by Gasteiger charge is -2.31. The Hall–Kier alpha value is -8.98. The van der Waals surface area contributed by atoms with Gasteiger partial charge < -0.3 is 9.32 Å². The second kappa shape index (κ2) is 15.6. The molecule has 2 nitrogen and oxygen atoms in total. The van der Waals surface area contributed by atoms with Crippen molar-refractivity contribution in [2.45, 2.75) is 5.41 Å². The van der Waals surface area contributed by atoms with Crippen LogP contribution in [0.25, 0.3) is 88.7 Å². The van der Waals surface area contributed by atoms with Crippen molar-refractivity contribution in [1.82, 2.24) is 0 Å². The average molecular weight is 878 g/mol. The van der Waals surface area contributed by atoms with Gasteiger partial charge >= 0.3 is 0 Å². The first-order valence-corrected chi connectivity index (χ1v) is 23.8. The van der Waals surface area contributed by atoms with Crippen LogP contribution < -0.4 is 4.90 Å². The first-order valence-electron chi connectivity index (χ1n) is 23.8. The van der Waals surface area contributed by atoms with E-state index >= 15 is 0 Å². The number of anilines is 3. The van der Waals surface area contributed by atoms with Crippen LogP contribution in [-0.2, 0) is 5.41 Å². The highest BCUT2D eigenvalue weighted by atomic mass is 16.3. The molecule has 0 unspecified atom stereocenters. The molecule has 1 heterocycles. The molecule has 2 heteroatoms. The summed E-state index contributed by atoms with van der Waals surface area (Å²) in [6.45, 7) is 0. The highest BCUT2D eigenvalue weighted by molar-refractivity contribution is 6.10. The predicted molar refractivity (Wildman–Crippen MR) is 286 cm³/mol. The first kappa shape index (κ1) is 39.2. The van der Waals surface area contributed by atoms with E-state index in [1.54, 1.807) is 0 Å². The van der Waals surface area contributed by atoms with E-state index in [1.807, 2.05) is 0 Å². The Balaban J connectivity index is 0.884. The lowest BCUT2D eigenvalue weighted by molar-refractivity contribution is 0.670. The minimum absolute atomic E-state index is 0.396. The Bertz CT molecular complexity index is 3880. The van der Waals surface area contributed by atoms with Gasteiger partial charge in [-0.15, -0.1) is 0 Å². The molecule has 0 N–H and O–H groups in total. The van der Waals surface area contributed by atoms with Gasteiger partial charge in [-0.1, -0.05) is 212 Å². The number of benzene rings is 11. The smallest absolute Gasteiger partial charge is 0.143 e. The molecule has 69 heavy (non-hydrogen) atoms. The lowest BCUT2D eigenvalue weighted by Crippen LogP contribution is -2.25. The molecule has 0 aliphatic heterocycles. The summed E-state index contributed by atoms with van der Waals surface area (Å²) in [5.41, 5.74) is 24.6. The van der Waals surface area contributed by atoms with Crippen molar-refractivity contribution in [2.24, 2.45) is 0 Å². The molecule has 0 radical (unpaired) electrons. The van der Waals surface area contributed by atoms with Gasteiger partial charge in [-0.25, -0.2) is 0 Å². The van der Waals surface area contributed by atoms with E-state index in [1.165, 1.54) is 66.8 Å². The topological polar surface area (TPSA) is 16.4 Å². The van der Waals surface area contributed by atoms with Gasteiger partial charge in [-0.05, 0) is 132 Å². The third-order valence-electron chi connectivity index (χ3n) is 14.7. The highest BCUT2D eigenvalue weighted by Crippen LogP contribution is 2.63. The van der Waals surface area contributed by atoms with Crippen molar-refractivity contribution in [2.75, 3.05) is 4.90 Å². The Morgan fingerprint density at radius 1 is 0.261 bits per heavy atom. The number of nitrogens with zero attached hydrogens (tertiary/aromatic N) is 1. The number of fused-ring (bicyclic) bond motifs is 13. The third kappa shape index (κ3) is 6.06. The molecule has 1 spiro atoms. The summed E-state index contributed by atoms with van der Waals surface area (Å²) in [6, 6.07) is 95.3. The van der Waals surface area contributed by atoms with Crippen LogP contribution in [0.2, 0.25) is 0 Å². The van der Waals surface area contributed by atoms with Gasteiger partial charge in [0.05, 0.1) is 5.41 Å². The van der Waals surface area contributed by atoms with E-state index in [4.69, 9.17) is 4.42 Å². The zero-order chi connectivity index (χ0) is 45.5. The average Bonchev–Trinajstić information content (AvgIpc) is 4.06. The summed E-state index contributed by atoms with van der Waals surface area (Å²) < 4.78 is 6.55. The van der Waals surface area contributed by atoms with E-state index in [0.29, 0.717) is 0 Å². The number of para-hydroxylation sites is 1. The fourth-order valence-corrected chi connectivity index (χ4v) is 11.6. The normalized spacial score (nSPS) is 12.8. The second-order valence-corrected chi connectivity index (χ2v) is 18.4. The summed E-state index contributed by atoms with van der Waals surface area (Å²) in [7, 11) is 0. The van der Waals surface area contributed by atoms with Gasteiger partial charge in [-0.2, -0.15) is 0 Å². The standard InChI is InChI=1S/C67H43NO/c1-3-14-44(15-4-1)45-26-28-46(29-27-45)47-30-35-51(36-31-47)68(52-37-32-48(33-38-52)50-34-41-65-60(42-50)58-22-13-21-54(66(58)69-65)49-16-5-2-6-17-49)53-39-40-64-59(43-53)57-20-9-12-25-63(57)67(64)61-23-10-7-18-55(61)56-19-8-11-24-62(56)67/h1-43H. The molecule has 0 atom stereocenters. The molecule has 0 amide bonds. The van der Waals surface area contributed by atoms with Crippen LogP contribution in [0.3, 0.4) is 0 Å². The zero-order valence-electron chi connectivity index (χ0n) is 37.7. The summed E-state index contributed by atoms with van der Waals surface area (Å²) in [4.78, 5) is 2.41. The predicted octanol–water partition coefficient (Wildman–Crippen LogP) is 18.1. The molecular weight excluding hydrogens is 835 g/mol. The minimum Gasteiger partial charge on any atom is -0.455 e. The maximum absolute atomic E-state index is 6.55. The molecule has 12 aromatic rings. The second-order valence-electron chi connectivity index (χ2n) is 18.4. The highest BCUT2D eigenvalue weighted by Gasteiger charge is 2.51. The Morgan fingerprint density at radius 3 is 1.26 bits per heavy atom. The van der Waals surface area contributed by atoms with Gasteiger partial charge in [0.2, 0.25) is 0 Å².